The van der Waals surface area contributed by atoms with Crippen molar-refractivity contribution >= 4 is 41.4 Å². The third-order valence-electron chi connectivity index (χ3n) is 7.45. The van der Waals surface area contributed by atoms with Crippen molar-refractivity contribution in [1.29, 1.82) is 0 Å². The summed E-state index contributed by atoms with van der Waals surface area (Å²) in [5.41, 5.74) is 2.65. The summed E-state index contributed by atoms with van der Waals surface area (Å²) in [4.78, 5) is 65.5. The minimum atomic E-state index is -1.65. The van der Waals surface area contributed by atoms with E-state index in [1.807, 2.05) is 60.7 Å². The molecule has 0 bridgehead atoms. The van der Waals surface area contributed by atoms with Gasteiger partial charge in [0.2, 0.25) is 11.8 Å². The molecule has 1 fully saturated rings. The molecule has 1 aliphatic rings. The Bertz CT molecular complexity index is 1440. The smallest absolute Gasteiger partial charge is 0.408 e. The van der Waals surface area contributed by atoms with Crippen molar-refractivity contribution in [2.45, 2.75) is 56.8 Å². The number of aryl methyl sites for hydroxylation is 1. The minimum Gasteiger partial charge on any atom is -0.475 e. The highest BCUT2D eigenvalue weighted by molar-refractivity contribution is 7.99. The molecule has 0 saturated carbocycles. The number of amides is 3. The number of ether oxygens (including phenoxy) is 1. The van der Waals surface area contributed by atoms with Crippen LogP contribution in [0.15, 0.2) is 91.0 Å². The van der Waals surface area contributed by atoms with E-state index in [0.717, 1.165) is 18.4 Å². The van der Waals surface area contributed by atoms with Gasteiger partial charge in [-0.3, -0.25) is 14.4 Å². The van der Waals surface area contributed by atoms with E-state index in [0.29, 0.717) is 18.4 Å². The van der Waals surface area contributed by atoms with Gasteiger partial charge < -0.3 is 25.4 Å². The molecule has 3 amide bonds. The van der Waals surface area contributed by atoms with Crippen molar-refractivity contribution in [3.63, 3.8) is 0 Å². The number of ketones is 1. The summed E-state index contributed by atoms with van der Waals surface area (Å²) < 4.78 is 5.38. The Hall–Kier alpha value is -4.64. The molecule has 1 heterocycles. The Morgan fingerprint density at radius 3 is 2.02 bits per heavy atom. The van der Waals surface area contributed by atoms with E-state index >= 15 is 0 Å². The van der Waals surface area contributed by atoms with E-state index < -0.39 is 47.8 Å². The molecule has 3 N–H and O–H groups in total. The number of aliphatic carboxylic acids is 1. The number of nitrogens with zero attached hydrogens (tertiary/aromatic N) is 1. The zero-order chi connectivity index (χ0) is 32.0. The molecule has 1 unspecified atom stereocenters. The average Bonchev–Trinajstić information content (AvgIpc) is 3.56. The van der Waals surface area contributed by atoms with E-state index in [2.05, 4.69) is 10.6 Å². The normalized spacial score (nSPS) is 15.5. The fourth-order valence-corrected chi connectivity index (χ4v) is 6.20. The number of carboxylic acid groups (broad SMARTS) is 1. The molecule has 4 rings (SSSR count). The second kappa shape index (κ2) is 17.0. The molecule has 3 aromatic carbocycles. The van der Waals surface area contributed by atoms with E-state index in [1.165, 1.54) is 22.2 Å². The first-order valence-electron chi connectivity index (χ1n) is 14.8. The van der Waals surface area contributed by atoms with Gasteiger partial charge in [-0.1, -0.05) is 97.4 Å². The number of hydrogen-bond donors (Lipinski definition) is 3. The fourth-order valence-electron chi connectivity index (χ4n) is 5.04. The van der Waals surface area contributed by atoms with Crippen LogP contribution >= 0.6 is 11.8 Å². The second-order valence-electron chi connectivity index (χ2n) is 10.7. The monoisotopic (exact) mass is 631 g/mol. The van der Waals surface area contributed by atoms with Crippen molar-refractivity contribution < 1.29 is 33.8 Å². The van der Waals surface area contributed by atoms with E-state index in [1.54, 1.807) is 30.3 Å². The summed E-state index contributed by atoms with van der Waals surface area (Å²) >= 11 is 1.36. The third-order valence-corrected chi connectivity index (χ3v) is 8.46. The lowest BCUT2D eigenvalue weighted by atomic mass is 10.0. The molecule has 11 heteroatoms. The van der Waals surface area contributed by atoms with Crippen LogP contribution in [-0.2, 0) is 43.4 Å². The summed E-state index contributed by atoms with van der Waals surface area (Å²) in [6.07, 6.45) is 1.80. The summed E-state index contributed by atoms with van der Waals surface area (Å²) in [6.45, 7) is 0.0343. The first-order chi connectivity index (χ1) is 21.8. The number of benzene rings is 3. The molecule has 45 heavy (non-hydrogen) atoms. The predicted molar refractivity (Wildman–Crippen MR) is 170 cm³/mol. The lowest BCUT2D eigenvalue weighted by molar-refractivity contribution is -0.150. The van der Waals surface area contributed by atoms with Gasteiger partial charge in [0.1, 0.15) is 24.7 Å². The van der Waals surface area contributed by atoms with Crippen LogP contribution < -0.4 is 10.6 Å². The fraction of sp³-hybridized carbons (Fsp3) is 0.324. The Balaban J connectivity index is 1.43. The van der Waals surface area contributed by atoms with Crippen LogP contribution in [0.25, 0.3) is 0 Å². The predicted octanol–water partition coefficient (Wildman–Crippen LogP) is 3.98. The van der Waals surface area contributed by atoms with Gasteiger partial charge in [0.05, 0.1) is 5.88 Å². The maximum atomic E-state index is 13.9. The van der Waals surface area contributed by atoms with Gasteiger partial charge in [-0.15, -0.1) is 11.8 Å². The number of rotatable bonds is 15. The highest BCUT2D eigenvalue weighted by atomic mass is 32.2. The van der Waals surface area contributed by atoms with Crippen molar-refractivity contribution in [1.82, 2.24) is 15.5 Å². The summed E-state index contributed by atoms with van der Waals surface area (Å²) in [7, 11) is 0. The Morgan fingerprint density at radius 1 is 0.800 bits per heavy atom. The van der Waals surface area contributed by atoms with Gasteiger partial charge in [0.25, 0.3) is 5.78 Å². The van der Waals surface area contributed by atoms with E-state index in [4.69, 9.17) is 4.74 Å². The number of Topliss-reactive ketones (excluding diaryl/α,β-unsaturated/α-hetero) is 1. The standard InChI is InChI=1S/C34H37N3O7S/c38-30(33(41)42)28(20-25-15-6-2-7-16-25)35-31(39)29-22-45-23-37(29)32(40)27(19-11-10-14-24-12-4-1-5-13-24)36-34(43)44-21-26-17-8-3-9-18-26/h1-9,12-13,15-18,27-29H,10-11,14,19-23H2,(H,35,39)(H,36,43)(H,41,42)/t27?,28-,29-/m0/s1. The van der Waals surface area contributed by atoms with E-state index in [9.17, 15) is 29.1 Å². The molecular formula is C34H37N3O7S. The molecule has 3 atom stereocenters. The summed E-state index contributed by atoms with van der Waals surface area (Å²) in [5, 5.41) is 14.7. The molecule has 10 nitrogen and oxygen atoms in total. The Kier molecular flexibility index (Phi) is 12.6. The summed E-state index contributed by atoms with van der Waals surface area (Å²) in [5.74, 6) is -3.41. The molecule has 0 radical (unpaired) electrons. The maximum Gasteiger partial charge on any atom is 0.408 e. The van der Waals surface area contributed by atoms with Crippen molar-refractivity contribution in [3.05, 3.63) is 108 Å². The zero-order valence-electron chi connectivity index (χ0n) is 24.8. The molecule has 1 aliphatic heterocycles. The quantitative estimate of drug-likeness (QED) is 0.169. The van der Waals surface area contributed by atoms with E-state index in [-0.39, 0.29) is 24.7 Å². The first-order valence-corrected chi connectivity index (χ1v) is 16.0. The average molecular weight is 632 g/mol. The SMILES string of the molecule is O=C(NC(CCCCc1ccccc1)C(=O)N1CSC[C@H]1C(=O)N[C@@H](Cc1ccccc1)C(=O)C(=O)O)OCc1ccccc1. The third kappa shape index (κ3) is 10.2. The van der Waals surface area contributed by atoms with Gasteiger partial charge in [-0.05, 0) is 36.0 Å². The van der Waals surface area contributed by atoms with Gasteiger partial charge in [-0.25, -0.2) is 9.59 Å². The van der Waals surface area contributed by atoms with Crippen LogP contribution in [0.3, 0.4) is 0 Å². The Morgan fingerprint density at radius 2 is 1.40 bits per heavy atom. The van der Waals surface area contributed by atoms with Gasteiger partial charge in [0, 0.05) is 12.2 Å². The number of carbonyl (C=O) groups is 5. The molecule has 3 aromatic rings. The lowest BCUT2D eigenvalue weighted by Gasteiger charge is -2.29. The van der Waals surface area contributed by atoms with Crippen LogP contribution in [0.4, 0.5) is 4.79 Å². The van der Waals surface area contributed by atoms with Crippen LogP contribution in [0.2, 0.25) is 0 Å². The molecule has 0 aromatic heterocycles. The first kappa shape index (κ1) is 33.3. The number of carbonyl (C=O) groups excluding carboxylic acids is 4. The molecule has 1 saturated heterocycles. The number of thioether (sulfide) groups is 1. The molecule has 0 aliphatic carbocycles. The highest BCUT2D eigenvalue weighted by Crippen LogP contribution is 2.24. The van der Waals surface area contributed by atoms with Crippen LogP contribution in [0.5, 0.6) is 0 Å². The van der Waals surface area contributed by atoms with Crippen molar-refractivity contribution in [2.75, 3.05) is 11.6 Å². The van der Waals surface area contributed by atoms with Crippen molar-refractivity contribution in [3.8, 4) is 0 Å². The molecular weight excluding hydrogens is 594 g/mol. The number of nitrogens with one attached hydrogen (secondary N) is 2. The molecule has 0 spiro atoms. The Labute approximate surface area is 266 Å². The largest absolute Gasteiger partial charge is 0.475 e. The lowest BCUT2D eigenvalue weighted by Crippen LogP contribution is -2.56. The number of alkyl carbamates (subject to hydrolysis) is 1. The van der Waals surface area contributed by atoms with Crippen LogP contribution in [-0.4, -0.2) is 69.4 Å². The van der Waals surface area contributed by atoms with Gasteiger partial charge in [-0.2, -0.15) is 0 Å². The number of hydrogen-bond acceptors (Lipinski definition) is 7. The topological polar surface area (TPSA) is 142 Å². The van der Waals surface area contributed by atoms with Crippen LogP contribution in [0.1, 0.15) is 36.0 Å². The number of carboxylic acids is 1. The second-order valence-corrected chi connectivity index (χ2v) is 11.7. The van der Waals surface area contributed by atoms with Gasteiger partial charge in [0.15, 0.2) is 0 Å². The highest BCUT2D eigenvalue weighted by Gasteiger charge is 2.40. The van der Waals surface area contributed by atoms with Crippen LogP contribution in [0, 0.1) is 0 Å². The number of unbranched alkanes of at least 4 members (excludes halogenated alkanes) is 1. The maximum absolute atomic E-state index is 13.9. The molecule has 236 valence electrons. The zero-order valence-corrected chi connectivity index (χ0v) is 25.6. The summed E-state index contributed by atoms with van der Waals surface area (Å²) in [6, 6.07) is 24.7. The van der Waals surface area contributed by atoms with Crippen molar-refractivity contribution in [2.24, 2.45) is 0 Å². The minimum absolute atomic E-state index is 0.00955. The van der Waals surface area contributed by atoms with Gasteiger partial charge >= 0.3 is 12.1 Å².